The summed E-state index contributed by atoms with van der Waals surface area (Å²) < 4.78 is 1.06. The van der Waals surface area contributed by atoms with Gasteiger partial charge in [0.05, 0.1) is 0 Å². The Morgan fingerprint density at radius 3 is 2.18 bits per heavy atom. The molecule has 4 nitrogen and oxygen atoms in total. The van der Waals surface area contributed by atoms with Crippen molar-refractivity contribution in [3.8, 4) is 17.2 Å². The number of phenols is 3. The average molecular weight is 531 g/mol. The molecule has 4 aromatic rings. The number of nitrogens with zero attached hydrogens (tertiary/aromatic N) is 1. The van der Waals surface area contributed by atoms with Gasteiger partial charge in [0.15, 0.2) is 0 Å². The van der Waals surface area contributed by atoms with Crippen molar-refractivity contribution < 1.29 is 15.3 Å². The van der Waals surface area contributed by atoms with E-state index in [0.29, 0.717) is 5.52 Å². The van der Waals surface area contributed by atoms with E-state index in [9.17, 15) is 10.2 Å². The van der Waals surface area contributed by atoms with Gasteiger partial charge in [0.2, 0.25) is 0 Å². The fraction of sp³-hybridized carbons (Fsp3) is 0.222. The zero-order chi connectivity index (χ0) is 24.1. The Kier molecular flexibility index (Phi) is 11.6. The summed E-state index contributed by atoms with van der Waals surface area (Å²) in [5, 5.41) is 29.6. The second-order valence-corrected chi connectivity index (χ2v) is 8.76. The second-order valence-electron chi connectivity index (χ2n) is 7.41. The molecule has 0 fully saturated rings. The predicted octanol–water partition coefficient (Wildman–Crippen LogP) is 8.26. The van der Waals surface area contributed by atoms with E-state index in [-0.39, 0.29) is 17.2 Å². The van der Waals surface area contributed by atoms with Crippen molar-refractivity contribution >= 4 is 38.4 Å². The third-order valence-corrected chi connectivity index (χ3v) is 5.56. The first-order chi connectivity index (χ1) is 15.9. The van der Waals surface area contributed by atoms with Gasteiger partial charge in [0.1, 0.15) is 22.8 Å². The lowest BCUT2D eigenvalue weighted by molar-refractivity contribution is 0.445. The molecule has 0 saturated heterocycles. The Bertz CT molecular complexity index is 1090. The molecule has 0 saturated carbocycles. The molecule has 0 radical (unpaired) electrons. The average Bonchev–Trinajstić information content (AvgIpc) is 2.81. The second kappa shape index (κ2) is 14.4. The van der Waals surface area contributed by atoms with Gasteiger partial charge in [0.25, 0.3) is 0 Å². The van der Waals surface area contributed by atoms with Crippen LogP contribution in [0.2, 0.25) is 5.02 Å². The van der Waals surface area contributed by atoms with Crippen LogP contribution < -0.4 is 0 Å². The Hall–Kier alpha value is -2.76. The van der Waals surface area contributed by atoms with Crippen LogP contribution in [0, 0.1) is 0 Å². The van der Waals surface area contributed by atoms with Gasteiger partial charge < -0.3 is 15.3 Å². The standard InChI is InChI=1S/C12H18O2.C9H7NO.C6H4BrCl/c1-2-3-4-5-6-10-7-8-11(13)9-12(10)14;11-8-5-1-3-7-4-2-6-10-9(7)8;7-5-1-3-6(8)4-2-5/h7-9,13-14H,2-6H2,1H3;1-6,11H;1-4H. The number of para-hydroxylation sites is 1. The first-order valence-corrected chi connectivity index (χ1v) is 12.0. The van der Waals surface area contributed by atoms with Crippen LogP contribution in [-0.2, 0) is 6.42 Å². The van der Waals surface area contributed by atoms with E-state index in [1.165, 1.54) is 25.3 Å². The Morgan fingerprint density at radius 2 is 1.55 bits per heavy atom. The van der Waals surface area contributed by atoms with Gasteiger partial charge in [-0.1, -0.05) is 78.0 Å². The summed E-state index contributed by atoms with van der Waals surface area (Å²) in [5.41, 5.74) is 1.59. The van der Waals surface area contributed by atoms with Crippen molar-refractivity contribution in [2.75, 3.05) is 0 Å². The number of fused-ring (bicyclic) bond motifs is 1. The maximum atomic E-state index is 9.49. The van der Waals surface area contributed by atoms with Crippen molar-refractivity contribution in [2.24, 2.45) is 0 Å². The zero-order valence-electron chi connectivity index (χ0n) is 18.6. The van der Waals surface area contributed by atoms with E-state index in [1.807, 2.05) is 42.5 Å². The molecule has 0 spiro atoms. The molecule has 33 heavy (non-hydrogen) atoms. The van der Waals surface area contributed by atoms with Crippen LogP contribution in [-0.4, -0.2) is 20.3 Å². The van der Waals surface area contributed by atoms with Crippen LogP contribution in [0.15, 0.2) is 83.5 Å². The normalized spacial score (nSPS) is 10.0. The lowest BCUT2D eigenvalue weighted by atomic mass is 10.1. The minimum absolute atomic E-state index is 0.125. The molecule has 174 valence electrons. The van der Waals surface area contributed by atoms with Crippen LogP contribution >= 0.6 is 27.5 Å². The molecule has 6 heteroatoms. The summed E-state index contributed by atoms with van der Waals surface area (Å²) in [6.07, 6.45) is 7.34. The van der Waals surface area contributed by atoms with Gasteiger partial charge >= 0.3 is 0 Å². The van der Waals surface area contributed by atoms with Crippen LogP contribution in [0.5, 0.6) is 17.2 Å². The molecule has 0 unspecified atom stereocenters. The number of hydrogen-bond acceptors (Lipinski definition) is 4. The van der Waals surface area contributed by atoms with Gasteiger partial charge in [0, 0.05) is 27.1 Å². The summed E-state index contributed by atoms with van der Waals surface area (Å²) in [6.45, 7) is 2.18. The summed E-state index contributed by atoms with van der Waals surface area (Å²) in [5.74, 6) is 0.574. The quantitative estimate of drug-likeness (QED) is 0.227. The molecule has 0 aliphatic rings. The molecule has 0 amide bonds. The molecule has 4 rings (SSSR count). The number of hydrogen-bond donors (Lipinski definition) is 3. The van der Waals surface area contributed by atoms with Gasteiger partial charge in [-0.15, -0.1) is 0 Å². The Morgan fingerprint density at radius 1 is 0.818 bits per heavy atom. The maximum Gasteiger partial charge on any atom is 0.141 e. The van der Waals surface area contributed by atoms with Gasteiger partial charge in [-0.05, 0) is 60.9 Å². The summed E-state index contributed by atoms with van der Waals surface area (Å²) in [7, 11) is 0. The molecule has 0 atom stereocenters. The van der Waals surface area contributed by atoms with Gasteiger partial charge in [-0.2, -0.15) is 0 Å². The summed E-state index contributed by atoms with van der Waals surface area (Å²) in [6, 6.07) is 21.4. The molecule has 3 aromatic carbocycles. The van der Waals surface area contributed by atoms with Gasteiger partial charge in [-0.25, -0.2) is 0 Å². The number of halogens is 2. The monoisotopic (exact) mass is 529 g/mol. The SMILES string of the molecule is CCCCCCc1ccc(O)cc1O.Clc1ccc(Br)cc1.Oc1cccc2cccnc12. The Balaban J connectivity index is 0.000000182. The molecule has 3 N–H and O–H groups in total. The molecule has 0 bridgehead atoms. The van der Waals surface area contributed by atoms with Crippen molar-refractivity contribution in [1.29, 1.82) is 0 Å². The third kappa shape index (κ3) is 9.72. The Labute approximate surface area is 208 Å². The molecule has 1 aromatic heterocycles. The molecule has 0 aliphatic heterocycles. The zero-order valence-corrected chi connectivity index (χ0v) is 20.9. The highest BCUT2D eigenvalue weighted by Crippen LogP contribution is 2.24. The van der Waals surface area contributed by atoms with Crippen molar-refractivity contribution in [1.82, 2.24) is 4.98 Å². The number of unbranched alkanes of at least 4 members (excludes halogenated alkanes) is 3. The van der Waals surface area contributed by atoms with Gasteiger partial charge in [-0.3, -0.25) is 4.98 Å². The number of pyridine rings is 1. The van der Waals surface area contributed by atoms with E-state index in [2.05, 4.69) is 27.8 Å². The smallest absolute Gasteiger partial charge is 0.141 e. The number of aromatic nitrogens is 1. The van der Waals surface area contributed by atoms with E-state index >= 15 is 0 Å². The van der Waals surface area contributed by atoms with Crippen molar-refractivity contribution in [3.05, 3.63) is 94.1 Å². The molecule has 1 heterocycles. The number of benzene rings is 3. The van der Waals surface area contributed by atoms with Crippen LogP contribution in [0.3, 0.4) is 0 Å². The minimum atomic E-state index is 0.125. The number of phenolic OH excluding ortho intramolecular Hbond substituents is 3. The van der Waals surface area contributed by atoms with Crippen molar-refractivity contribution in [2.45, 2.75) is 39.0 Å². The van der Waals surface area contributed by atoms with Crippen molar-refractivity contribution in [3.63, 3.8) is 0 Å². The lowest BCUT2D eigenvalue weighted by Crippen LogP contribution is -1.86. The third-order valence-electron chi connectivity index (χ3n) is 4.78. The largest absolute Gasteiger partial charge is 0.508 e. The fourth-order valence-electron chi connectivity index (χ4n) is 3.02. The van der Waals surface area contributed by atoms with E-state index in [1.54, 1.807) is 30.5 Å². The number of aromatic hydroxyl groups is 3. The van der Waals surface area contributed by atoms with Crippen LogP contribution in [0.4, 0.5) is 0 Å². The van der Waals surface area contributed by atoms with Crippen LogP contribution in [0.1, 0.15) is 38.2 Å². The summed E-state index contributed by atoms with van der Waals surface area (Å²) >= 11 is 8.88. The highest BCUT2D eigenvalue weighted by Gasteiger charge is 2.01. The first kappa shape index (κ1) is 26.5. The minimum Gasteiger partial charge on any atom is -0.508 e. The number of aryl methyl sites for hydroxylation is 1. The molecular formula is C27H29BrClNO3. The topological polar surface area (TPSA) is 73.6 Å². The molecule has 0 aliphatic carbocycles. The number of rotatable bonds is 5. The first-order valence-electron chi connectivity index (χ1n) is 10.9. The molecular weight excluding hydrogens is 502 g/mol. The highest BCUT2D eigenvalue weighted by atomic mass is 79.9. The van der Waals surface area contributed by atoms with E-state index < -0.39 is 0 Å². The van der Waals surface area contributed by atoms with Crippen LogP contribution in [0.25, 0.3) is 10.9 Å². The van der Waals surface area contributed by atoms with E-state index in [4.69, 9.17) is 16.7 Å². The lowest BCUT2D eigenvalue weighted by Gasteiger charge is -2.04. The predicted molar refractivity (Wildman–Crippen MR) is 140 cm³/mol. The maximum absolute atomic E-state index is 9.49. The fourth-order valence-corrected chi connectivity index (χ4v) is 3.41. The van der Waals surface area contributed by atoms with E-state index in [0.717, 1.165) is 33.3 Å². The summed E-state index contributed by atoms with van der Waals surface area (Å²) in [4.78, 5) is 4.03. The highest BCUT2D eigenvalue weighted by molar-refractivity contribution is 9.10.